The fraction of sp³-hybridized carbons (Fsp3) is 0.611. The van der Waals surface area contributed by atoms with Crippen LogP contribution in [0.25, 0.3) is 0 Å². The molecule has 0 saturated carbocycles. The molecular formula is C18H31N5O2. The molecule has 0 saturated heterocycles. The second-order valence-electron chi connectivity index (χ2n) is 6.52. The van der Waals surface area contributed by atoms with Gasteiger partial charge in [-0.25, -0.2) is 0 Å². The molecule has 0 radical (unpaired) electrons. The summed E-state index contributed by atoms with van der Waals surface area (Å²) in [5.41, 5.74) is 0.760. The van der Waals surface area contributed by atoms with Gasteiger partial charge in [0.2, 0.25) is 0 Å². The number of aliphatic imine (C=N–C) groups is 1. The number of nitrogens with one attached hydrogen (secondary N) is 2. The zero-order valence-corrected chi connectivity index (χ0v) is 16.0. The van der Waals surface area contributed by atoms with Crippen molar-refractivity contribution >= 4 is 11.6 Å². The molecular weight excluding hydrogens is 318 g/mol. The van der Waals surface area contributed by atoms with Crippen LogP contribution in [0.15, 0.2) is 29.3 Å². The third-order valence-corrected chi connectivity index (χ3v) is 4.07. The first-order valence-electron chi connectivity index (χ1n) is 8.79. The van der Waals surface area contributed by atoms with Crippen molar-refractivity contribution in [2.75, 3.05) is 20.1 Å². The van der Waals surface area contributed by atoms with Crippen molar-refractivity contribution in [1.82, 2.24) is 15.5 Å². The molecule has 2 N–H and O–H groups in total. The monoisotopic (exact) mass is 349 g/mol. The molecule has 1 aromatic rings. The van der Waals surface area contributed by atoms with Gasteiger partial charge in [0, 0.05) is 50.4 Å². The number of benzene rings is 1. The van der Waals surface area contributed by atoms with Crippen LogP contribution >= 0.6 is 0 Å². The lowest BCUT2D eigenvalue weighted by atomic mass is 10.2. The standard InChI is InChI=1S/C18H31N5O2/c1-14(2)22(15(3)4)12-8-11-20-18(19-5)21-13-16-9-6-7-10-17(16)23(24)25/h6-7,9-10,14-15H,8,11-13H2,1-5H3,(H2,19,20,21). The number of nitrogens with zero attached hydrogens (tertiary/aromatic N) is 3. The van der Waals surface area contributed by atoms with Crippen molar-refractivity contribution in [3.05, 3.63) is 39.9 Å². The highest BCUT2D eigenvalue weighted by molar-refractivity contribution is 5.79. The van der Waals surface area contributed by atoms with Gasteiger partial charge in [0.15, 0.2) is 5.96 Å². The van der Waals surface area contributed by atoms with E-state index in [0.717, 1.165) is 19.5 Å². The molecule has 0 aliphatic rings. The van der Waals surface area contributed by atoms with Gasteiger partial charge in [0.1, 0.15) is 0 Å². The third-order valence-electron chi connectivity index (χ3n) is 4.07. The van der Waals surface area contributed by atoms with Crippen LogP contribution in [0.4, 0.5) is 5.69 Å². The number of para-hydroxylation sites is 1. The molecule has 0 fully saturated rings. The highest BCUT2D eigenvalue weighted by atomic mass is 16.6. The summed E-state index contributed by atoms with van der Waals surface area (Å²) >= 11 is 0. The van der Waals surface area contributed by atoms with Crippen LogP contribution < -0.4 is 10.6 Å². The summed E-state index contributed by atoms with van der Waals surface area (Å²) in [6.07, 6.45) is 1.00. The van der Waals surface area contributed by atoms with Gasteiger partial charge >= 0.3 is 0 Å². The molecule has 1 aromatic carbocycles. The summed E-state index contributed by atoms with van der Waals surface area (Å²) in [6.45, 7) is 11.0. The number of hydrogen-bond acceptors (Lipinski definition) is 4. The van der Waals surface area contributed by atoms with E-state index in [-0.39, 0.29) is 10.6 Å². The van der Waals surface area contributed by atoms with E-state index in [2.05, 4.69) is 48.2 Å². The molecule has 0 unspecified atom stereocenters. The summed E-state index contributed by atoms with van der Waals surface area (Å²) in [4.78, 5) is 17.3. The van der Waals surface area contributed by atoms with Gasteiger partial charge in [-0.05, 0) is 34.1 Å². The first-order chi connectivity index (χ1) is 11.9. The first kappa shape index (κ1) is 20.9. The van der Waals surface area contributed by atoms with Crippen LogP contribution in [-0.2, 0) is 6.54 Å². The number of rotatable bonds is 9. The Labute approximate surface area is 150 Å². The van der Waals surface area contributed by atoms with E-state index >= 15 is 0 Å². The maximum absolute atomic E-state index is 11.0. The summed E-state index contributed by atoms with van der Waals surface area (Å²) in [7, 11) is 1.70. The average molecular weight is 349 g/mol. The summed E-state index contributed by atoms with van der Waals surface area (Å²) in [5.74, 6) is 0.652. The van der Waals surface area contributed by atoms with E-state index in [0.29, 0.717) is 30.2 Å². The molecule has 0 heterocycles. The van der Waals surface area contributed by atoms with E-state index in [9.17, 15) is 10.1 Å². The maximum atomic E-state index is 11.0. The Balaban J connectivity index is 2.45. The van der Waals surface area contributed by atoms with Gasteiger partial charge in [-0.3, -0.25) is 20.0 Å². The van der Waals surface area contributed by atoms with Crippen LogP contribution in [0.3, 0.4) is 0 Å². The smallest absolute Gasteiger partial charge is 0.274 e. The highest BCUT2D eigenvalue weighted by Crippen LogP contribution is 2.16. The average Bonchev–Trinajstić information content (AvgIpc) is 2.56. The van der Waals surface area contributed by atoms with Crippen molar-refractivity contribution < 1.29 is 4.92 Å². The third kappa shape index (κ3) is 7.09. The van der Waals surface area contributed by atoms with E-state index in [1.807, 2.05) is 0 Å². The van der Waals surface area contributed by atoms with Gasteiger partial charge in [-0.2, -0.15) is 0 Å². The van der Waals surface area contributed by atoms with Crippen LogP contribution in [0.5, 0.6) is 0 Å². The minimum absolute atomic E-state index is 0.120. The van der Waals surface area contributed by atoms with Gasteiger partial charge in [-0.1, -0.05) is 18.2 Å². The van der Waals surface area contributed by atoms with E-state index in [1.54, 1.807) is 25.2 Å². The molecule has 0 aromatic heterocycles. The molecule has 0 atom stereocenters. The lowest BCUT2D eigenvalue weighted by Gasteiger charge is -2.30. The number of nitro groups is 1. The Morgan fingerprint density at radius 3 is 2.40 bits per heavy atom. The zero-order valence-electron chi connectivity index (χ0n) is 16.0. The van der Waals surface area contributed by atoms with Crippen molar-refractivity contribution in [3.63, 3.8) is 0 Å². The lowest BCUT2D eigenvalue weighted by Crippen LogP contribution is -2.41. The Morgan fingerprint density at radius 1 is 1.20 bits per heavy atom. The van der Waals surface area contributed by atoms with Gasteiger partial charge < -0.3 is 10.6 Å². The van der Waals surface area contributed by atoms with E-state index in [4.69, 9.17) is 0 Å². The Kier molecular flexibility index (Phi) is 8.91. The molecule has 7 heteroatoms. The normalized spacial score (nSPS) is 12.1. The Bertz CT molecular complexity index is 564. The van der Waals surface area contributed by atoms with E-state index in [1.165, 1.54) is 6.07 Å². The van der Waals surface area contributed by atoms with Crippen molar-refractivity contribution in [2.24, 2.45) is 4.99 Å². The molecule has 7 nitrogen and oxygen atoms in total. The van der Waals surface area contributed by atoms with Gasteiger partial charge in [-0.15, -0.1) is 0 Å². The van der Waals surface area contributed by atoms with Crippen LogP contribution in [0, 0.1) is 10.1 Å². The summed E-state index contributed by atoms with van der Waals surface area (Å²) < 4.78 is 0. The predicted octanol–water partition coefficient (Wildman–Crippen LogP) is 2.77. The summed E-state index contributed by atoms with van der Waals surface area (Å²) in [6, 6.07) is 7.78. The SMILES string of the molecule is CN=C(NCCCN(C(C)C)C(C)C)NCc1ccccc1[N+](=O)[O-]. The molecule has 0 spiro atoms. The molecule has 140 valence electrons. The minimum atomic E-state index is -0.361. The second kappa shape index (κ2) is 10.7. The van der Waals surface area contributed by atoms with Crippen molar-refractivity contribution in [1.29, 1.82) is 0 Å². The number of nitro benzene ring substituents is 1. The molecule has 0 aliphatic heterocycles. The molecule has 25 heavy (non-hydrogen) atoms. The zero-order chi connectivity index (χ0) is 18.8. The Morgan fingerprint density at radius 2 is 1.84 bits per heavy atom. The van der Waals surface area contributed by atoms with Crippen LogP contribution in [-0.4, -0.2) is 48.0 Å². The van der Waals surface area contributed by atoms with E-state index < -0.39 is 0 Å². The first-order valence-corrected chi connectivity index (χ1v) is 8.79. The predicted molar refractivity (Wildman–Crippen MR) is 103 cm³/mol. The lowest BCUT2D eigenvalue weighted by molar-refractivity contribution is -0.385. The van der Waals surface area contributed by atoms with Gasteiger partial charge in [0.05, 0.1) is 4.92 Å². The fourth-order valence-electron chi connectivity index (χ4n) is 2.82. The van der Waals surface area contributed by atoms with Crippen LogP contribution in [0.1, 0.15) is 39.7 Å². The molecule has 0 bridgehead atoms. The number of guanidine groups is 1. The van der Waals surface area contributed by atoms with Gasteiger partial charge in [0.25, 0.3) is 5.69 Å². The minimum Gasteiger partial charge on any atom is -0.356 e. The number of hydrogen-bond donors (Lipinski definition) is 2. The fourth-order valence-corrected chi connectivity index (χ4v) is 2.82. The largest absolute Gasteiger partial charge is 0.356 e. The molecule has 1 rings (SSSR count). The second-order valence-corrected chi connectivity index (χ2v) is 6.52. The Hall–Kier alpha value is -2.15. The molecule has 0 amide bonds. The van der Waals surface area contributed by atoms with Crippen molar-refractivity contribution in [3.8, 4) is 0 Å². The highest BCUT2D eigenvalue weighted by Gasteiger charge is 2.13. The van der Waals surface area contributed by atoms with Crippen LogP contribution in [0.2, 0.25) is 0 Å². The quantitative estimate of drug-likeness (QED) is 0.235. The van der Waals surface area contributed by atoms with Crippen molar-refractivity contribution in [2.45, 2.75) is 52.7 Å². The topological polar surface area (TPSA) is 82.8 Å². The maximum Gasteiger partial charge on any atom is 0.274 e. The molecule has 0 aliphatic carbocycles. The summed E-state index contributed by atoms with van der Waals surface area (Å²) in [5, 5.41) is 17.4.